The van der Waals surface area contributed by atoms with Crippen LogP contribution >= 0.6 is 11.8 Å². The molecule has 136 valence electrons. The van der Waals surface area contributed by atoms with Crippen molar-refractivity contribution in [1.29, 1.82) is 0 Å². The summed E-state index contributed by atoms with van der Waals surface area (Å²) in [6.07, 6.45) is 1.87. The lowest BCUT2D eigenvalue weighted by molar-refractivity contribution is -0.113. The Morgan fingerprint density at radius 1 is 1.23 bits per heavy atom. The second kappa shape index (κ2) is 7.78. The minimum atomic E-state index is -0.0545. The largest absolute Gasteiger partial charge is 0.322 e. The van der Waals surface area contributed by atoms with E-state index in [2.05, 4.69) is 39.0 Å². The Kier molecular flexibility index (Phi) is 5.46. The number of hydrogen-bond acceptors (Lipinski definition) is 4. The fraction of sp³-hybridized carbons (Fsp3) is 0.316. The highest BCUT2D eigenvalue weighted by atomic mass is 32.2. The number of hydrogen-bond donors (Lipinski definition) is 1. The molecule has 0 aliphatic heterocycles. The van der Waals surface area contributed by atoms with E-state index < -0.39 is 0 Å². The Bertz CT molecular complexity index is 914. The summed E-state index contributed by atoms with van der Waals surface area (Å²) in [5.74, 6) is 0.250. The summed E-state index contributed by atoms with van der Waals surface area (Å²) in [4.78, 5) is 16.9. The van der Waals surface area contributed by atoms with Crippen LogP contribution in [0.1, 0.15) is 18.3 Å². The number of nitrogens with zero attached hydrogens (tertiary/aromatic N) is 4. The van der Waals surface area contributed by atoms with Gasteiger partial charge in [-0.05, 0) is 26.3 Å². The number of carbonyl (C=O) groups is 1. The summed E-state index contributed by atoms with van der Waals surface area (Å²) >= 11 is 1.45. The van der Waals surface area contributed by atoms with Crippen molar-refractivity contribution in [2.24, 2.45) is 7.05 Å². The number of aryl methyl sites for hydroxylation is 2. The molecule has 2 aromatic heterocycles. The van der Waals surface area contributed by atoms with E-state index in [9.17, 15) is 4.79 Å². The molecule has 0 bridgehead atoms. The van der Waals surface area contributed by atoms with E-state index in [0.29, 0.717) is 5.75 Å². The van der Waals surface area contributed by atoms with Gasteiger partial charge >= 0.3 is 0 Å². The molecule has 0 saturated carbocycles. The van der Waals surface area contributed by atoms with Crippen molar-refractivity contribution in [3.05, 3.63) is 47.9 Å². The van der Waals surface area contributed by atoms with Crippen LogP contribution in [0.4, 0.5) is 5.69 Å². The molecule has 3 aromatic rings. The van der Waals surface area contributed by atoms with Gasteiger partial charge in [-0.2, -0.15) is 5.10 Å². The average Bonchev–Trinajstić information content (AvgIpc) is 3.16. The van der Waals surface area contributed by atoms with Gasteiger partial charge in [0.25, 0.3) is 0 Å². The minimum absolute atomic E-state index is 0.0545. The van der Waals surface area contributed by atoms with E-state index in [1.54, 1.807) is 4.68 Å². The average molecular weight is 369 g/mol. The Morgan fingerprint density at radius 3 is 2.58 bits per heavy atom. The van der Waals surface area contributed by atoms with Crippen LogP contribution in [0.5, 0.6) is 0 Å². The quantitative estimate of drug-likeness (QED) is 0.674. The Hall–Kier alpha value is -2.54. The van der Waals surface area contributed by atoms with Crippen molar-refractivity contribution in [3.63, 3.8) is 0 Å². The van der Waals surface area contributed by atoms with Gasteiger partial charge < -0.3 is 9.88 Å². The van der Waals surface area contributed by atoms with Gasteiger partial charge in [0.15, 0.2) is 5.16 Å². The van der Waals surface area contributed by atoms with E-state index in [1.165, 1.54) is 11.8 Å². The highest BCUT2D eigenvalue weighted by Crippen LogP contribution is 2.26. The van der Waals surface area contributed by atoms with Gasteiger partial charge in [0, 0.05) is 13.6 Å². The zero-order valence-electron chi connectivity index (χ0n) is 15.5. The maximum atomic E-state index is 12.4. The van der Waals surface area contributed by atoms with Crippen molar-refractivity contribution in [3.8, 4) is 11.3 Å². The molecular weight excluding hydrogens is 346 g/mol. The maximum Gasteiger partial charge on any atom is 0.234 e. The minimum Gasteiger partial charge on any atom is -0.322 e. The van der Waals surface area contributed by atoms with E-state index >= 15 is 0 Å². The number of aromatic nitrogens is 4. The van der Waals surface area contributed by atoms with Crippen molar-refractivity contribution in [2.75, 3.05) is 11.1 Å². The summed E-state index contributed by atoms with van der Waals surface area (Å²) < 4.78 is 3.90. The number of thioether (sulfide) groups is 1. The third kappa shape index (κ3) is 3.67. The Labute approximate surface area is 157 Å². The van der Waals surface area contributed by atoms with E-state index in [-0.39, 0.29) is 5.91 Å². The third-order valence-electron chi connectivity index (χ3n) is 4.31. The molecule has 0 radical (unpaired) electrons. The van der Waals surface area contributed by atoms with Gasteiger partial charge in [-0.15, -0.1) is 0 Å². The second-order valence-corrected chi connectivity index (χ2v) is 6.99. The predicted molar refractivity (Wildman–Crippen MR) is 105 cm³/mol. The van der Waals surface area contributed by atoms with Gasteiger partial charge in [0.1, 0.15) is 0 Å². The predicted octanol–water partition coefficient (Wildman–Crippen LogP) is 3.65. The first kappa shape index (κ1) is 18.3. The van der Waals surface area contributed by atoms with Gasteiger partial charge in [-0.3, -0.25) is 9.48 Å². The van der Waals surface area contributed by atoms with Crippen molar-refractivity contribution in [1.82, 2.24) is 19.3 Å². The monoisotopic (exact) mass is 369 g/mol. The lowest BCUT2D eigenvalue weighted by atomic mass is 10.2. The summed E-state index contributed by atoms with van der Waals surface area (Å²) in [5.41, 5.74) is 4.75. The van der Waals surface area contributed by atoms with Crippen LogP contribution in [0.2, 0.25) is 0 Å². The van der Waals surface area contributed by atoms with E-state index in [0.717, 1.165) is 40.0 Å². The number of benzene rings is 1. The molecule has 2 heterocycles. The van der Waals surface area contributed by atoms with Crippen LogP contribution < -0.4 is 5.32 Å². The molecule has 26 heavy (non-hydrogen) atoms. The second-order valence-electron chi connectivity index (χ2n) is 6.04. The number of amides is 1. The number of anilines is 1. The maximum absolute atomic E-state index is 12.4. The lowest BCUT2D eigenvalue weighted by Gasteiger charge is -2.09. The first-order chi connectivity index (χ1) is 12.5. The van der Waals surface area contributed by atoms with Gasteiger partial charge in [-0.25, -0.2) is 4.98 Å². The third-order valence-corrected chi connectivity index (χ3v) is 5.30. The topological polar surface area (TPSA) is 64.7 Å². The molecule has 6 nitrogen and oxygen atoms in total. The highest BCUT2D eigenvalue weighted by Gasteiger charge is 2.15. The summed E-state index contributed by atoms with van der Waals surface area (Å²) in [6.45, 7) is 6.72. The van der Waals surface area contributed by atoms with Crippen molar-refractivity contribution < 1.29 is 4.79 Å². The van der Waals surface area contributed by atoms with Crippen LogP contribution in [-0.4, -0.2) is 31.0 Å². The number of rotatable bonds is 6. The molecule has 0 unspecified atom stereocenters. The van der Waals surface area contributed by atoms with Gasteiger partial charge in [0.2, 0.25) is 5.91 Å². The van der Waals surface area contributed by atoms with Crippen LogP contribution in [0, 0.1) is 13.8 Å². The van der Waals surface area contributed by atoms with Gasteiger partial charge in [0.05, 0.1) is 34.7 Å². The van der Waals surface area contributed by atoms with E-state index in [4.69, 9.17) is 0 Å². The highest BCUT2D eigenvalue weighted by molar-refractivity contribution is 7.99. The standard InChI is InChI=1S/C19H23N5OS/c1-5-24-16(15-9-7-6-8-10-15)11-20-19(24)26-12-17(25)21-18-13(2)22-23(4)14(18)3/h6-11H,5,12H2,1-4H3,(H,21,25). The van der Waals surface area contributed by atoms with Crippen molar-refractivity contribution >= 4 is 23.4 Å². The summed E-state index contributed by atoms with van der Waals surface area (Å²) in [6, 6.07) is 10.2. The van der Waals surface area contributed by atoms with Crippen LogP contribution in [0.3, 0.4) is 0 Å². The fourth-order valence-corrected chi connectivity index (χ4v) is 3.72. The summed E-state index contributed by atoms with van der Waals surface area (Å²) in [5, 5.41) is 8.14. The molecule has 1 N–H and O–H groups in total. The molecule has 3 rings (SSSR count). The van der Waals surface area contributed by atoms with Crippen LogP contribution in [-0.2, 0) is 18.4 Å². The smallest absolute Gasteiger partial charge is 0.234 e. The SMILES string of the molecule is CCn1c(-c2ccccc2)cnc1SCC(=O)Nc1c(C)nn(C)c1C. The molecule has 0 atom stereocenters. The zero-order valence-corrected chi connectivity index (χ0v) is 16.3. The molecule has 1 amide bonds. The van der Waals surface area contributed by atoms with Crippen molar-refractivity contribution in [2.45, 2.75) is 32.5 Å². The Balaban J connectivity index is 1.70. The molecule has 0 fully saturated rings. The molecule has 0 spiro atoms. The first-order valence-electron chi connectivity index (χ1n) is 8.55. The van der Waals surface area contributed by atoms with E-state index in [1.807, 2.05) is 45.3 Å². The fourth-order valence-electron chi connectivity index (χ4n) is 2.88. The molecule has 0 aliphatic rings. The molecule has 0 aliphatic carbocycles. The Morgan fingerprint density at radius 2 is 1.96 bits per heavy atom. The van der Waals surface area contributed by atoms with Gasteiger partial charge in [-0.1, -0.05) is 42.1 Å². The molecule has 0 saturated heterocycles. The van der Waals surface area contributed by atoms with Crippen LogP contribution in [0.15, 0.2) is 41.7 Å². The normalized spacial score (nSPS) is 10.9. The number of carbonyl (C=O) groups excluding carboxylic acids is 1. The zero-order chi connectivity index (χ0) is 18.7. The van der Waals surface area contributed by atoms with Crippen LogP contribution in [0.25, 0.3) is 11.3 Å². The summed E-state index contributed by atoms with van der Waals surface area (Å²) in [7, 11) is 1.87. The molecular formula is C19H23N5OS. The number of imidazole rings is 1. The molecule has 1 aromatic carbocycles. The first-order valence-corrected chi connectivity index (χ1v) is 9.53. The lowest BCUT2D eigenvalue weighted by Crippen LogP contribution is -2.15. The molecule has 7 heteroatoms. The number of nitrogens with one attached hydrogen (secondary N) is 1.